The number of rotatable bonds is 7. The molecule has 1 unspecified atom stereocenters. The standard InChI is InChI=1S/C11H18N4O3S/c1-9(8-11(12)14-16)15-19(17,18)7-5-10-4-2-3-6-13-10/h2-4,6,9,15-16H,5,7-8H2,1H3,(H2,12,14). The molecule has 0 spiro atoms. The van der Waals surface area contributed by atoms with Gasteiger partial charge in [0.25, 0.3) is 0 Å². The summed E-state index contributed by atoms with van der Waals surface area (Å²) in [6.45, 7) is 1.65. The van der Waals surface area contributed by atoms with Crippen LogP contribution in [0, 0.1) is 0 Å². The summed E-state index contributed by atoms with van der Waals surface area (Å²) in [5, 5.41) is 11.2. The molecule has 106 valence electrons. The summed E-state index contributed by atoms with van der Waals surface area (Å²) in [5.74, 6) is -0.0650. The minimum Gasteiger partial charge on any atom is -0.409 e. The minimum atomic E-state index is -3.42. The van der Waals surface area contributed by atoms with Crippen molar-refractivity contribution in [3.63, 3.8) is 0 Å². The molecule has 1 atom stereocenters. The Bertz CT molecular complexity index is 516. The molecule has 1 aromatic heterocycles. The highest BCUT2D eigenvalue weighted by Gasteiger charge is 2.15. The zero-order chi connectivity index (χ0) is 14.3. The number of nitrogens with two attached hydrogens (primary N) is 1. The molecular weight excluding hydrogens is 268 g/mol. The lowest BCUT2D eigenvalue weighted by molar-refractivity contribution is 0.316. The van der Waals surface area contributed by atoms with Crippen molar-refractivity contribution in [1.82, 2.24) is 9.71 Å². The fourth-order valence-corrected chi connectivity index (χ4v) is 2.84. The van der Waals surface area contributed by atoms with E-state index in [0.29, 0.717) is 6.42 Å². The van der Waals surface area contributed by atoms with Gasteiger partial charge >= 0.3 is 0 Å². The smallest absolute Gasteiger partial charge is 0.212 e. The monoisotopic (exact) mass is 286 g/mol. The van der Waals surface area contributed by atoms with Gasteiger partial charge < -0.3 is 10.9 Å². The molecule has 1 rings (SSSR count). The van der Waals surface area contributed by atoms with Crippen molar-refractivity contribution in [2.24, 2.45) is 10.9 Å². The Labute approximate surface area is 112 Å². The number of nitrogens with zero attached hydrogens (tertiary/aromatic N) is 2. The molecule has 8 heteroatoms. The molecule has 0 radical (unpaired) electrons. The fourth-order valence-electron chi connectivity index (χ4n) is 1.55. The number of pyridine rings is 1. The molecule has 0 amide bonds. The highest BCUT2D eigenvalue weighted by Crippen LogP contribution is 2.00. The van der Waals surface area contributed by atoms with Crippen molar-refractivity contribution in [3.05, 3.63) is 30.1 Å². The number of oxime groups is 1. The molecule has 0 aliphatic heterocycles. The van der Waals surface area contributed by atoms with Gasteiger partial charge in [-0.15, -0.1) is 0 Å². The van der Waals surface area contributed by atoms with Crippen molar-refractivity contribution in [1.29, 1.82) is 0 Å². The highest BCUT2D eigenvalue weighted by molar-refractivity contribution is 7.89. The van der Waals surface area contributed by atoms with Crippen LogP contribution < -0.4 is 10.5 Å². The predicted octanol–water partition coefficient (Wildman–Crippen LogP) is 0.0685. The van der Waals surface area contributed by atoms with Crippen molar-refractivity contribution in [2.45, 2.75) is 25.8 Å². The van der Waals surface area contributed by atoms with E-state index in [1.54, 1.807) is 25.3 Å². The van der Waals surface area contributed by atoms with E-state index in [2.05, 4.69) is 14.9 Å². The Morgan fingerprint density at radius 2 is 2.32 bits per heavy atom. The van der Waals surface area contributed by atoms with Crippen LogP contribution in [0.15, 0.2) is 29.6 Å². The lowest BCUT2D eigenvalue weighted by Gasteiger charge is -2.13. The fraction of sp³-hybridized carbons (Fsp3) is 0.455. The number of hydrogen-bond donors (Lipinski definition) is 3. The molecule has 0 saturated carbocycles. The number of amidine groups is 1. The second-order valence-corrected chi connectivity index (χ2v) is 6.08. The van der Waals surface area contributed by atoms with E-state index in [0.717, 1.165) is 5.69 Å². The zero-order valence-corrected chi connectivity index (χ0v) is 11.5. The van der Waals surface area contributed by atoms with Gasteiger partial charge in [0, 0.05) is 30.8 Å². The topological polar surface area (TPSA) is 118 Å². The first-order chi connectivity index (χ1) is 8.93. The number of aryl methyl sites for hydroxylation is 1. The van der Waals surface area contributed by atoms with Gasteiger partial charge in [-0.1, -0.05) is 11.2 Å². The van der Waals surface area contributed by atoms with Crippen molar-refractivity contribution >= 4 is 15.9 Å². The third kappa shape index (κ3) is 6.16. The maximum absolute atomic E-state index is 11.8. The molecule has 19 heavy (non-hydrogen) atoms. The van der Waals surface area contributed by atoms with Gasteiger partial charge in [-0.2, -0.15) is 0 Å². The molecule has 0 fully saturated rings. The summed E-state index contributed by atoms with van der Waals surface area (Å²) in [4.78, 5) is 4.06. The molecule has 0 aliphatic rings. The second kappa shape index (κ2) is 7.05. The third-order valence-corrected chi connectivity index (χ3v) is 3.88. The van der Waals surface area contributed by atoms with E-state index < -0.39 is 16.1 Å². The number of nitrogens with one attached hydrogen (secondary N) is 1. The number of sulfonamides is 1. The lowest BCUT2D eigenvalue weighted by Crippen LogP contribution is -2.37. The largest absolute Gasteiger partial charge is 0.409 e. The van der Waals surface area contributed by atoms with Gasteiger partial charge in [-0.3, -0.25) is 4.98 Å². The molecule has 0 aliphatic carbocycles. The maximum atomic E-state index is 11.8. The molecule has 0 saturated heterocycles. The summed E-state index contributed by atoms with van der Waals surface area (Å²) in [7, 11) is -3.42. The third-order valence-electron chi connectivity index (χ3n) is 2.38. The quantitative estimate of drug-likeness (QED) is 0.284. The normalized spacial score (nSPS) is 14.3. The first kappa shape index (κ1) is 15.4. The SMILES string of the molecule is CC(CC(N)=NO)NS(=O)(=O)CCc1ccccn1. The van der Waals surface area contributed by atoms with Crippen LogP contribution >= 0.6 is 0 Å². The summed E-state index contributed by atoms with van der Waals surface area (Å²) in [6.07, 6.45) is 2.11. The van der Waals surface area contributed by atoms with Gasteiger partial charge in [0.15, 0.2) is 0 Å². The van der Waals surface area contributed by atoms with Crippen LogP contribution in [0.2, 0.25) is 0 Å². The van der Waals surface area contributed by atoms with E-state index in [1.165, 1.54) is 0 Å². The number of hydrogen-bond acceptors (Lipinski definition) is 5. The van der Waals surface area contributed by atoms with Gasteiger partial charge in [-0.25, -0.2) is 13.1 Å². The maximum Gasteiger partial charge on any atom is 0.212 e. The Morgan fingerprint density at radius 1 is 1.58 bits per heavy atom. The van der Waals surface area contributed by atoms with Crippen LogP contribution in [0.25, 0.3) is 0 Å². The lowest BCUT2D eigenvalue weighted by atomic mass is 10.2. The van der Waals surface area contributed by atoms with Gasteiger partial charge in [-0.05, 0) is 19.1 Å². The number of aromatic nitrogens is 1. The molecule has 4 N–H and O–H groups in total. The highest BCUT2D eigenvalue weighted by atomic mass is 32.2. The molecule has 0 aromatic carbocycles. The zero-order valence-electron chi connectivity index (χ0n) is 10.7. The Balaban J connectivity index is 2.48. The van der Waals surface area contributed by atoms with Gasteiger partial charge in [0.2, 0.25) is 10.0 Å². The summed E-state index contributed by atoms with van der Waals surface area (Å²) < 4.78 is 26.1. The second-order valence-electron chi connectivity index (χ2n) is 4.20. The molecule has 1 aromatic rings. The Morgan fingerprint density at radius 3 is 2.89 bits per heavy atom. The van der Waals surface area contributed by atoms with E-state index in [9.17, 15) is 8.42 Å². The van der Waals surface area contributed by atoms with Crippen molar-refractivity contribution in [2.75, 3.05) is 5.75 Å². The first-order valence-corrected chi connectivity index (χ1v) is 7.44. The summed E-state index contributed by atoms with van der Waals surface area (Å²) in [5.41, 5.74) is 6.03. The molecular formula is C11H18N4O3S. The Hall–Kier alpha value is -1.67. The van der Waals surface area contributed by atoms with Crippen LogP contribution in [-0.2, 0) is 16.4 Å². The van der Waals surface area contributed by atoms with E-state index in [4.69, 9.17) is 10.9 Å². The molecule has 7 nitrogen and oxygen atoms in total. The average molecular weight is 286 g/mol. The summed E-state index contributed by atoms with van der Waals surface area (Å²) >= 11 is 0. The first-order valence-electron chi connectivity index (χ1n) is 5.79. The molecule has 0 bridgehead atoms. The van der Waals surface area contributed by atoms with Crippen molar-refractivity contribution < 1.29 is 13.6 Å². The van der Waals surface area contributed by atoms with E-state index in [-0.39, 0.29) is 18.0 Å². The Kier molecular flexibility index (Phi) is 5.71. The predicted molar refractivity (Wildman–Crippen MR) is 72.4 cm³/mol. The van der Waals surface area contributed by atoms with Crippen LogP contribution in [0.4, 0.5) is 0 Å². The molecule has 1 heterocycles. The van der Waals surface area contributed by atoms with E-state index >= 15 is 0 Å². The van der Waals surface area contributed by atoms with Crippen LogP contribution in [0.3, 0.4) is 0 Å². The summed E-state index contributed by atoms with van der Waals surface area (Å²) in [6, 6.07) is 4.93. The van der Waals surface area contributed by atoms with Gasteiger partial charge in [0.05, 0.1) is 5.75 Å². The van der Waals surface area contributed by atoms with Gasteiger partial charge in [0.1, 0.15) is 5.84 Å². The van der Waals surface area contributed by atoms with Crippen molar-refractivity contribution in [3.8, 4) is 0 Å². The average Bonchev–Trinajstić information content (AvgIpc) is 2.37. The minimum absolute atomic E-state index is 0.0140. The van der Waals surface area contributed by atoms with Crippen LogP contribution in [-0.4, -0.2) is 36.2 Å². The van der Waals surface area contributed by atoms with Crippen LogP contribution in [0.5, 0.6) is 0 Å². The van der Waals surface area contributed by atoms with E-state index in [1.807, 2.05) is 6.07 Å². The van der Waals surface area contributed by atoms with Crippen LogP contribution in [0.1, 0.15) is 19.0 Å².